The van der Waals surface area contributed by atoms with Crippen LogP contribution in [0.5, 0.6) is 0 Å². The van der Waals surface area contributed by atoms with Crippen molar-refractivity contribution in [2.45, 2.75) is 76.7 Å². The Morgan fingerprint density at radius 3 is 2.57 bits per heavy atom. The fourth-order valence-corrected chi connectivity index (χ4v) is 7.84. The lowest BCUT2D eigenvalue weighted by molar-refractivity contribution is -0.663. The number of rotatable bonds is 14. The van der Waals surface area contributed by atoms with Gasteiger partial charge in [-0.1, -0.05) is 28.1 Å². The molecule has 17 nitrogen and oxygen atoms in total. The minimum Gasteiger partial charge on any atom is -0.478 e. The maximum atomic E-state index is 13.8. The second kappa shape index (κ2) is 15.7. The Morgan fingerprint density at radius 1 is 1.17 bits per heavy atom. The Labute approximate surface area is 317 Å². The zero-order valence-electron chi connectivity index (χ0n) is 29.8. The Bertz CT molecular complexity index is 2020. The lowest BCUT2D eigenvalue weighted by Gasteiger charge is -2.49. The number of halogens is 1. The largest absolute Gasteiger partial charge is 0.478 e. The van der Waals surface area contributed by atoms with Crippen LogP contribution in [0.2, 0.25) is 4.34 Å². The molecule has 1 fully saturated rings. The third-order valence-electron chi connectivity index (χ3n) is 8.05. The lowest BCUT2D eigenvalue weighted by Crippen LogP contribution is -2.71. The molecule has 284 valence electrons. The average molecular weight is 792 g/mol. The van der Waals surface area contributed by atoms with Crippen molar-refractivity contribution in [2.24, 2.45) is 5.16 Å². The highest BCUT2D eigenvalue weighted by molar-refractivity contribution is 8.00. The maximum absolute atomic E-state index is 13.8. The van der Waals surface area contributed by atoms with Gasteiger partial charge >= 0.3 is 18.0 Å². The van der Waals surface area contributed by atoms with E-state index in [2.05, 4.69) is 30.7 Å². The number of β-lactam (4-membered cyclic amide) rings is 1. The highest BCUT2D eigenvalue weighted by Crippen LogP contribution is 2.41. The Hall–Kier alpha value is -4.72. The van der Waals surface area contributed by atoms with E-state index in [0.29, 0.717) is 5.57 Å². The molecule has 5 rings (SSSR count). The number of nitrogens with one attached hydrogen (secondary N) is 3. The van der Waals surface area contributed by atoms with Gasteiger partial charge in [-0.25, -0.2) is 19.4 Å². The number of carboxylic acid groups (broad SMARTS) is 2. The van der Waals surface area contributed by atoms with E-state index in [1.54, 1.807) is 20.8 Å². The molecule has 0 spiro atoms. The number of fused-ring (bicyclic) bond motifs is 2. The summed E-state index contributed by atoms with van der Waals surface area (Å²) in [6.07, 6.45) is 3.94. The topological polar surface area (TPSA) is 218 Å². The number of hydrogen-bond acceptors (Lipinski definition) is 12. The van der Waals surface area contributed by atoms with Crippen molar-refractivity contribution < 1.29 is 48.3 Å². The Balaban J connectivity index is 1.38. The number of carboxylic acids is 2. The first-order valence-corrected chi connectivity index (χ1v) is 18.6. The summed E-state index contributed by atoms with van der Waals surface area (Å²) in [5, 5.41) is 30.9. The quantitative estimate of drug-likeness (QED) is 0.0524. The molecule has 3 aromatic rings. The van der Waals surface area contributed by atoms with E-state index in [0.717, 1.165) is 46.8 Å². The predicted molar refractivity (Wildman–Crippen MR) is 197 cm³/mol. The van der Waals surface area contributed by atoms with E-state index in [4.69, 9.17) is 21.2 Å². The van der Waals surface area contributed by atoms with Crippen molar-refractivity contribution in [3.63, 3.8) is 0 Å². The number of aryl methyl sites for hydroxylation is 1. The molecule has 3 aromatic heterocycles. The first kappa shape index (κ1) is 39.5. The van der Waals surface area contributed by atoms with Crippen molar-refractivity contribution >= 4 is 86.4 Å². The second-order valence-electron chi connectivity index (χ2n) is 13.6. The molecule has 0 aromatic carbocycles. The fourth-order valence-electron chi connectivity index (χ4n) is 5.48. The number of aromatic nitrogens is 3. The van der Waals surface area contributed by atoms with Crippen LogP contribution in [0.3, 0.4) is 0 Å². The van der Waals surface area contributed by atoms with Crippen molar-refractivity contribution in [2.75, 3.05) is 24.7 Å². The number of hydrogen-bond donors (Lipinski definition) is 5. The summed E-state index contributed by atoms with van der Waals surface area (Å²) in [6.45, 7) is 9.29. The van der Waals surface area contributed by atoms with Crippen LogP contribution in [-0.4, -0.2) is 102 Å². The summed E-state index contributed by atoms with van der Waals surface area (Å²) >= 11 is 8.47. The molecule has 20 heteroatoms. The number of aliphatic carboxylic acids is 2. The number of ether oxygens (including phenoxy) is 1. The highest BCUT2D eigenvalue weighted by atomic mass is 35.5. The van der Waals surface area contributed by atoms with E-state index in [1.807, 2.05) is 42.2 Å². The van der Waals surface area contributed by atoms with Gasteiger partial charge in [0, 0.05) is 36.2 Å². The normalized spacial score (nSPS) is 17.7. The zero-order chi connectivity index (χ0) is 38.8. The summed E-state index contributed by atoms with van der Waals surface area (Å²) in [7, 11) is 1.90. The highest BCUT2D eigenvalue weighted by Gasteiger charge is 2.55. The molecule has 5 N–H and O–H groups in total. The van der Waals surface area contributed by atoms with Crippen molar-refractivity contribution in [1.82, 2.24) is 25.1 Å². The number of thiazole rings is 1. The summed E-state index contributed by atoms with van der Waals surface area (Å²) in [5.41, 5.74) is -1.30. The third-order valence-corrected chi connectivity index (χ3v) is 10.6. The van der Waals surface area contributed by atoms with Crippen LogP contribution in [-0.2, 0) is 41.8 Å². The molecule has 2 aliphatic heterocycles. The number of amides is 3. The van der Waals surface area contributed by atoms with E-state index < -0.39 is 58.2 Å². The van der Waals surface area contributed by atoms with Gasteiger partial charge in [0.05, 0.1) is 0 Å². The number of thioether (sulfide) groups is 1. The zero-order valence-corrected chi connectivity index (χ0v) is 32.1. The van der Waals surface area contributed by atoms with E-state index in [1.165, 1.54) is 25.6 Å². The molecule has 2 aliphatic rings. The molecule has 1 saturated heterocycles. The summed E-state index contributed by atoms with van der Waals surface area (Å²) < 4.78 is 9.20. The van der Waals surface area contributed by atoms with Crippen LogP contribution in [0.1, 0.15) is 46.7 Å². The van der Waals surface area contributed by atoms with Gasteiger partial charge in [-0.15, -0.1) is 11.8 Å². The Kier molecular flexibility index (Phi) is 11.7. The van der Waals surface area contributed by atoms with Crippen LogP contribution >= 0.6 is 34.7 Å². The van der Waals surface area contributed by atoms with E-state index >= 15 is 0 Å². The van der Waals surface area contributed by atoms with Gasteiger partial charge in [0.25, 0.3) is 11.8 Å². The predicted octanol–water partition coefficient (Wildman–Crippen LogP) is 3.02. The van der Waals surface area contributed by atoms with Crippen molar-refractivity contribution in [3.8, 4) is 0 Å². The molecule has 53 heavy (non-hydrogen) atoms. The molecular weight excluding hydrogens is 752 g/mol. The molecule has 2 atom stereocenters. The average Bonchev–Trinajstić information content (AvgIpc) is 3.65. The van der Waals surface area contributed by atoms with Gasteiger partial charge in [0.15, 0.2) is 23.6 Å². The fraction of sp³-hybridized carbons (Fsp3) is 0.455. The SMILES string of the molecule is CNCCCn1ccc2c1ccc[n+]2CC1=C(C(=O)O)N2C(=O)C(NC(=O)/C(=N\OC(C)(C)C(=O)O)c3nc(NC(=O)OC(C)(C)C)sc3Cl)C2SC1. The smallest absolute Gasteiger partial charge is 0.413 e. The third kappa shape index (κ3) is 8.75. The molecular formula is C33H40ClN8O9S2+. The van der Waals surface area contributed by atoms with Gasteiger partial charge in [0.2, 0.25) is 11.1 Å². The van der Waals surface area contributed by atoms with Crippen molar-refractivity contribution in [3.05, 3.63) is 51.9 Å². The summed E-state index contributed by atoms with van der Waals surface area (Å²) in [6, 6.07) is 4.68. The number of oxime groups is 1. The lowest BCUT2D eigenvalue weighted by atomic mass is 10.0. The van der Waals surface area contributed by atoms with E-state index in [-0.39, 0.29) is 33.2 Å². The molecule has 0 aliphatic carbocycles. The van der Waals surface area contributed by atoms with Crippen molar-refractivity contribution in [1.29, 1.82) is 0 Å². The van der Waals surface area contributed by atoms with Gasteiger partial charge < -0.3 is 35.0 Å². The first-order chi connectivity index (χ1) is 24.9. The van der Waals surface area contributed by atoms with Gasteiger partial charge in [-0.3, -0.25) is 19.8 Å². The molecule has 2 unspecified atom stereocenters. The van der Waals surface area contributed by atoms with Crippen LogP contribution in [0.4, 0.5) is 9.93 Å². The van der Waals surface area contributed by atoms with Gasteiger partial charge in [-0.2, -0.15) is 4.57 Å². The molecule has 5 heterocycles. The standard InChI is InChI=1S/C33H39ClN8O9S2/c1-32(2,3)50-31(49)38-30-37-20(24(34)53-30)21(39-51-33(4,5)29(47)48)25(43)36-22-26(44)42-23(28(45)46)17(16-52-27(22)42)15-41-12-7-9-18-19(41)10-14-40(18)13-8-11-35-6/h7,9-10,12,14,22,27,35H,8,11,13,15-16H2,1-6H3,(H3-,36,37,38,43,45,46,47,48,49)/p+1/b39-21-. The maximum Gasteiger partial charge on any atom is 0.413 e. The molecule has 0 bridgehead atoms. The summed E-state index contributed by atoms with van der Waals surface area (Å²) in [4.78, 5) is 74.6. The van der Waals surface area contributed by atoms with E-state index in [9.17, 15) is 34.2 Å². The number of carbonyl (C=O) groups is 5. The molecule has 0 saturated carbocycles. The first-order valence-electron chi connectivity index (χ1n) is 16.4. The van der Waals surface area contributed by atoms with Crippen LogP contribution in [0, 0.1) is 0 Å². The minimum absolute atomic E-state index is 0.0614. The second-order valence-corrected chi connectivity index (χ2v) is 16.3. The van der Waals surface area contributed by atoms with Crippen LogP contribution in [0.25, 0.3) is 11.0 Å². The number of anilines is 1. The number of carbonyl (C=O) groups excluding carboxylic acids is 3. The number of pyridine rings is 1. The van der Waals surface area contributed by atoms with Gasteiger partial charge in [0.1, 0.15) is 38.3 Å². The Morgan fingerprint density at radius 2 is 1.91 bits per heavy atom. The van der Waals surface area contributed by atoms with Crippen LogP contribution in [0.15, 0.2) is 47.0 Å². The number of nitrogens with zero attached hydrogens (tertiary/aromatic N) is 5. The minimum atomic E-state index is -1.89. The van der Waals surface area contributed by atoms with Crippen LogP contribution < -0.4 is 20.5 Å². The molecule has 0 radical (unpaired) electrons. The monoisotopic (exact) mass is 791 g/mol. The van der Waals surface area contributed by atoms with Gasteiger partial charge in [-0.05, 0) is 60.7 Å². The molecule has 3 amide bonds. The summed E-state index contributed by atoms with van der Waals surface area (Å²) in [5.74, 6) is -4.10.